The maximum atomic E-state index is 14.5. The Bertz CT molecular complexity index is 861. The molecule has 3 heterocycles. The van der Waals surface area contributed by atoms with Gasteiger partial charge in [-0.2, -0.15) is 0 Å². The van der Waals surface area contributed by atoms with Crippen molar-refractivity contribution in [2.75, 3.05) is 25.0 Å². The van der Waals surface area contributed by atoms with Gasteiger partial charge in [-0.05, 0) is 49.4 Å². The monoisotopic (exact) mass is 417 g/mol. The highest BCUT2D eigenvalue weighted by Crippen LogP contribution is 2.40. The van der Waals surface area contributed by atoms with Crippen LogP contribution in [0.15, 0.2) is 36.7 Å². The fourth-order valence-electron chi connectivity index (χ4n) is 3.57. The fraction of sp³-hybridized carbons (Fsp3) is 0.524. The van der Waals surface area contributed by atoms with Crippen molar-refractivity contribution >= 4 is 11.7 Å². The highest BCUT2D eigenvalue weighted by atomic mass is 19.3. The number of hydrogen-bond donors (Lipinski definition) is 1. The van der Waals surface area contributed by atoms with Gasteiger partial charge in [0, 0.05) is 38.0 Å². The lowest BCUT2D eigenvalue weighted by molar-refractivity contribution is -0.125. The number of anilines is 1. The number of carbonyl (C=O) groups is 1. The molecule has 1 saturated heterocycles. The molecule has 4 rings (SSSR count). The second-order valence-corrected chi connectivity index (χ2v) is 8.02. The maximum absolute atomic E-state index is 14.5. The summed E-state index contributed by atoms with van der Waals surface area (Å²) >= 11 is 0. The molecule has 160 valence electrons. The molecule has 2 aromatic rings. The Kier molecular flexibility index (Phi) is 5.90. The van der Waals surface area contributed by atoms with E-state index < -0.39 is 17.9 Å². The molecule has 0 spiro atoms. The van der Waals surface area contributed by atoms with Gasteiger partial charge >= 0.3 is 0 Å². The molecule has 0 radical (unpaired) electrons. The molecule has 1 N–H and O–H groups in total. The van der Waals surface area contributed by atoms with E-state index in [-0.39, 0.29) is 25.4 Å². The summed E-state index contributed by atoms with van der Waals surface area (Å²) < 4.78 is 34.6. The van der Waals surface area contributed by atoms with Gasteiger partial charge in [0.15, 0.2) is 5.82 Å². The van der Waals surface area contributed by atoms with Crippen LogP contribution >= 0.6 is 0 Å². The van der Waals surface area contributed by atoms with Gasteiger partial charge in [0.1, 0.15) is 0 Å². The third kappa shape index (κ3) is 4.89. The molecule has 30 heavy (non-hydrogen) atoms. The molecule has 2 aromatic heterocycles. The van der Waals surface area contributed by atoms with Crippen LogP contribution in [0.2, 0.25) is 0 Å². The van der Waals surface area contributed by atoms with E-state index in [0.29, 0.717) is 29.8 Å². The molecule has 2 fully saturated rings. The Morgan fingerprint density at radius 3 is 2.70 bits per heavy atom. The predicted molar refractivity (Wildman–Crippen MR) is 106 cm³/mol. The summed E-state index contributed by atoms with van der Waals surface area (Å²) in [5, 5.41) is 10.7. The van der Waals surface area contributed by atoms with E-state index in [2.05, 4.69) is 20.5 Å². The van der Waals surface area contributed by atoms with Crippen LogP contribution in [0.1, 0.15) is 37.7 Å². The summed E-state index contributed by atoms with van der Waals surface area (Å²) in [4.78, 5) is 18.4. The quantitative estimate of drug-likeness (QED) is 0.746. The van der Waals surface area contributed by atoms with Crippen LogP contribution in [0.25, 0.3) is 0 Å². The summed E-state index contributed by atoms with van der Waals surface area (Å²) in [6.07, 6.45) is 5.09. The van der Waals surface area contributed by atoms with Crippen molar-refractivity contribution in [3.05, 3.63) is 42.2 Å². The zero-order valence-corrected chi connectivity index (χ0v) is 16.8. The van der Waals surface area contributed by atoms with E-state index >= 15 is 0 Å². The van der Waals surface area contributed by atoms with Gasteiger partial charge in [-0.25, -0.2) is 8.78 Å². The molecule has 0 aromatic carbocycles. The lowest BCUT2D eigenvalue weighted by Gasteiger charge is -2.40. The van der Waals surface area contributed by atoms with Crippen LogP contribution in [-0.2, 0) is 4.79 Å². The van der Waals surface area contributed by atoms with E-state index in [1.54, 1.807) is 36.1 Å². The lowest BCUT2D eigenvalue weighted by Crippen LogP contribution is -2.52. The van der Waals surface area contributed by atoms with Crippen LogP contribution in [0.5, 0.6) is 5.88 Å². The van der Waals surface area contributed by atoms with Gasteiger partial charge in [-0.15, -0.1) is 10.2 Å². The zero-order valence-electron chi connectivity index (χ0n) is 16.8. The zero-order chi connectivity index (χ0) is 21.1. The molecule has 0 unspecified atom stereocenters. The van der Waals surface area contributed by atoms with Gasteiger partial charge in [0.25, 0.3) is 5.92 Å². The number of amides is 1. The Morgan fingerprint density at radius 1 is 1.27 bits per heavy atom. The van der Waals surface area contributed by atoms with Crippen molar-refractivity contribution in [3.8, 4) is 5.88 Å². The fourth-order valence-corrected chi connectivity index (χ4v) is 3.57. The van der Waals surface area contributed by atoms with Crippen LogP contribution in [0.4, 0.5) is 14.6 Å². The highest BCUT2D eigenvalue weighted by molar-refractivity contribution is 5.93. The Balaban J connectivity index is 1.36. The number of rotatable bonds is 7. The number of ether oxygens (including phenoxy) is 1. The van der Waals surface area contributed by atoms with Crippen molar-refractivity contribution < 1.29 is 18.3 Å². The van der Waals surface area contributed by atoms with Gasteiger partial charge in [0.05, 0.1) is 18.6 Å². The molecule has 2 aliphatic rings. The number of hydrogen-bond acceptors (Lipinski definition) is 6. The minimum absolute atomic E-state index is 0.0885. The van der Waals surface area contributed by atoms with Crippen molar-refractivity contribution in [2.24, 2.45) is 5.92 Å². The van der Waals surface area contributed by atoms with E-state index in [9.17, 15) is 13.6 Å². The van der Waals surface area contributed by atoms with Gasteiger partial charge in [-0.3, -0.25) is 14.7 Å². The smallest absolute Gasteiger partial charge is 0.257 e. The number of pyridine rings is 1. The summed E-state index contributed by atoms with van der Waals surface area (Å²) in [7, 11) is 0. The SMILES string of the molecule is C[C@@H](C(=O)Nc1ccc(OCC2CC2)nn1)N1CCC(F)(F)[C@@H](c2ccncc2)C1. The largest absolute Gasteiger partial charge is 0.476 e. The first-order valence-electron chi connectivity index (χ1n) is 10.2. The first-order chi connectivity index (χ1) is 14.4. The first kappa shape index (κ1) is 20.6. The number of aromatic nitrogens is 3. The van der Waals surface area contributed by atoms with Crippen LogP contribution in [0, 0.1) is 5.92 Å². The summed E-state index contributed by atoms with van der Waals surface area (Å²) in [6.45, 7) is 2.58. The number of carbonyl (C=O) groups excluding carboxylic acids is 1. The first-order valence-corrected chi connectivity index (χ1v) is 10.2. The minimum atomic E-state index is -2.82. The molecule has 1 aliphatic heterocycles. The minimum Gasteiger partial charge on any atom is -0.476 e. The molecule has 1 amide bonds. The van der Waals surface area contributed by atoms with Crippen molar-refractivity contribution in [1.82, 2.24) is 20.1 Å². The van der Waals surface area contributed by atoms with Gasteiger partial charge in [0.2, 0.25) is 11.8 Å². The number of nitrogens with zero attached hydrogens (tertiary/aromatic N) is 4. The number of likely N-dealkylation sites (tertiary alicyclic amines) is 1. The van der Waals surface area contributed by atoms with E-state index in [0.717, 1.165) is 0 Å². The normalized spacial score (nSPS) is 22.3. The van der Waals surface area contributed by atoms with Crippen molar-refractivity contribution in [3.63, 3.8) is 0 Å². The lowest BCUT2D eigenvalue weighted by atomic mass is 9.87. The molecule has 9 heteroatoms. The number of alkyl halides is 2. The third-order valence-electron chi connectivity index (χ3n) is 5.75. The van der Waals surface area contributed by atoms with Crippen LogP contribution in [-0.4, -0.2) is 57.6 Å². The molecule has 1 aliphatic carbocycles. The van der Waals surface area contributed by atoms with E-state index in [1.807, 2.05) is 0 Å². The Morgan fingerprint density at radius 2 is 2.03 bits per heavy atom. The highest BCUT2D eigenvalue weighted by Gasteiger charge is 2.46. The maximum Gasteiger partial charge on any atom is 0.257 e. The summed E-state index contributed by atoms with van der Waals surface area (Å²) in [5.41, 5.74) is 0.528. The second-order valence-electron chi connectivity index (χ2n) is 8.02. The van der Waals surface area contributed by atoms with Crippen molar-refractivity contribution in [1.29, 1.82) is 0 Å². The molecular formula is C21H25F2N5O2. The third-order valence-corrected chi connectivity index (χ3v) is 5.75. The number of nitrogens with one attached hydrogen (secondary N) is 1. The van der Waals surface area contributed by atoms with Crippen molar-refractivity contribution in [2.45, 2.75) is 44.1 Å². The average Bonchev–Trinajstić information content (AvgIpc) is 3.58. The topological polar surface area (TPSA) is 80.2 Å². The van der Waals surface area contributed by atoms with Gasteiger partial charge < -0.3 is 10.1 Å². The molecule has 2 atom stereocenters. The van der Waals surface area contributed by atoms with Gasteiger partial charge in [-0.1, -0.05) is 0 Å². The molecule has 7 nitrogen and oxygen atoms in total. The van der Waals surface area contributed by atoms with E-state index in [4.69, 9.17) is 4.74 Å². The van der Waals surface area contributed by atoms with Crippen LogP contribution in [0.3, 0.4) is 0 Å². The Labute approximate surface area is 173 Å². The standard InChI is InChI=1S/C21H25F2N5O2/c1-14(20(29)25-18-4-5-19(27-26-18)30-13-15-2-3-15)28-11-8-21(22,23)17(12-28)16-6-9-24-10-7-16/h4-7,9-10,14-15,17H,2-3,8,11-13H2,1H3,(H,25,26,29)/t14-,17+/m0/s1. The number of piperidine rings is 1. The number of halogens is 2. The predicted octanol–water partition coefficient (Wildman–Crippen LogP) is 3.11. The second kappa shape index (κ2) is 8.59. The molecule has 0 bridgehead atoms. The molecular weight excluding hydrogens is 392 g/mol. The summed E-state index contributed by atoms with van der Waals surface area (Å²) in [6, 6.07) is 5.92. The average molecular weight is 417 g/mol. The van der Waals surface area contributed by atoms with Crippen LogP contribution < -0.4 is 10.1 Å². The Hall–Kier alpha value is -2.68. The molecule has 1 saturated carbocycles. The van der Waals surface area contributed by atoms with E-state index in [1.165, 1.54) is 25.2 Å². The summed E-state index contributed by atoms with van der Waals surface area (Å²) in [5.74, 6) is -2.78.